The fourth-order valence-electron chi connectivity index (χ4n) is 1.80. The number of rotatable bonds is 5. The molecule has 3 N–H and O–H groups in total. The van der Waals surface area contributed by atoms with Crippen molar-refractivity contribution in [3.8, 4) is 0 Å². The second-order valence-electron chi connectivity index (χ2n) is 5.07. The number of carbonyl (C=O) groups excluding carboxylic acids is 2. The molecule has 138 valence electrons. The normalized spacial score (nSPS) is 12.3. The first-order valence-corrected chi connectivity index (χ1v) is 9.35. The van der Waals surface area contributed by atoms with Crippen LogP contribution in [0.5, 0.6) is 0 Å². The number of hydrogen-bond donors (Lipinski definition) is 2. The molecule has 0 spiro atoms. The van der Waals surface area contributed by atoms with Crippen molar-refractivity contribution in [3.63, 3.8) is 0 Å². The van der Waals surface area contributed by atoms with Gasteiger partial charge in [-0.3, -0.25) is 4.79 Å². The van der Waals surface area contributed by atoms with Crippen LogP contribution in [-0.4, -0.2) is 31.4 Å². The van der Waals surface area contributed by atoms with Gasteiger partial charge in [0, 0.05) is 5.69 Å². The van der Waals surface area contributed by atoms with Crippen molar-refractivity contribution in [2.24, 2.45) is 5.14 Å². The molecule has 2 aromatic rings. The first-order chi connectivity index (χ1) is 12.1. The van der Waals surface area contributed by atoms with E-state index in [-0.39, 0.29) is 20.8 Å². The van der Waals surface area contributed by atoms with Gasteiger partial charge in [0.05, 0.1) is 9.92 Å². The van der Waals surface area contributed by atoms with Crippen LogP contribution in [0.25, 0.3) is 0 Å². The SMILES string of the molecule is C[C@H](OC(=O)c1nc(Cl)ccc1Cl)C(=O)Nc1ccc(S(N)(=O)=O)cc1. The Morgan fingerprint density at radius 1 is 1.15 bits per heavy atom. The van der Waals surface area contributed by atoms with Crippen molar-refractivity contribution < 1.29 is 22.7 Å². The summed E-state index contributed by atoms with van der Waals surface area (Å²) in [5.74, 6) is -1.55. The van der Waals surface area contributed by atoms with Crippen LogP contribution >= 0.6 is 23.2 Å². The minimum Gasteiger partial charge on any atom is -0.448 e. The predicted octanol–water partition coefficient (Wildman–Crippen LogP) is 2.22. The van der Waals surface area contributed by atoms with Gasteiger partial charge in [0.2, 0.25) is 10.0 Å². The van der Waals surface area contributed by atoms with Crippen molar-refractivity contribution in [1.82, 2.24) is 4.98 Å². The number of nitrogens with two attached hydrogens (primary N) is 1. The van der Waals surface area contributed by atoms with Crippen LogP contribution in [-0.2, 0) is 19.6 Å². The van der Waals surface area contributed by atoms with Crippen molar-refractivity contribution in [2.45, 2.75) is 17.9 Å². The number of nitrogens with one attached hydrogen (secondary N) is 1. The van der Waals surface area contributed by atoms with Crippen LogP contribution in [0.1, 0.15) is 17.4 Å². The third-order valence-corrected chi connectivity index (χ3v) is 4.55. The van der Waals surface area contributed by atoms with Gasteiger partial charge in [-0.2, -0.15) is 0 Å². The summed E-state index contributed by atoms with van der Waals surface area (Å²) >= 11 is 11.6. The Kier molecular flexibility index (Phi) is 6.19. The lowest BCUT2D eigenvalue weighted by Gasteiger charge is -2.14. The number of sulfonamides is 1. The van der Waals surface area contributed by atoms with E-state index in [0.29, 0.717) is 5.69 Å². The summed E-state index contributed by atoms with van der Waals surface area (Å²) in [7, 11) is -3.83. The van der Waals surface area contributed by atoms with Gasteiger partial charge < -0.3 is 10.1 Å². The molecule has 0 unspecified atom stereocenters. The largest absolute Gasteiger partial charge is 0.448 e. The number of aromatic nitrogens is 1. The van der Waals surface area contributed by atoms with Crippen molar-refractivity contribution >= 4 is 50.8 Å². The standard InChI is InChI=1S/C15H13Cl2N3O5S/c1-8(25-15(22)13-11(16)6-7-12(17)20-13)14(21)19-9-2-4-10(5-3-9)26(18,23)24/h2-8H,1H3,(H,19,21)(H2,18,23,24)/t8-/m0/s1. The topological polar surface area (TPSA) is 128 Å². The van der Waals surface area contributed by atoms with Crippen LogP contribution in [0, 0.1) is 0 Å². The first-order valence-electron chi connectivity index (χ1n) is 7.04. The van der Waals surface area contributed by atoms with E-state index in [1.165, 1.54) is 43.3 Å². The van der Waals surface area contributed by atoms with Crippen molar-refractivity contribution in [1.29, 1.82) is 0 Å². The lowest BCUT2D eigenvalue weighted by atomic mass is 10.3. The van der Waals surface area contributed by atoms with Crippen LogP contribution in [0.3, 0.4) is 0 Å². The maximum atomic E-state index is 12.1. The molecule has 0 saturated heterocycles. The Balaban J connectivity index is 2.03. The molecule has 0 aliphatic rings. The Labute approximate surface area is 159 Å². The van der Waals surface area contributed by atoms with Crippen molar-refractivity contribution in [2.75, 3.05) is 5.32 Å². The predicted molar refractivity (Wildman–Crippen MR) is 95.6 cm³/mol. The number of ether oxygens (including phenoxy) is 1. The van der Waals surface area contributed by atoms with E-state index in [1.54, 1.807) is 0 Å². The monoisotopic (exact) mass is 417 g/mol. The van der Waals surface area contributed by atoms with Gasteiger partial charge in [0.1, 0.15) is 5.15 Å². The van der Waals surface area contributed by atoms with Crippen LogP contribution in [0.15, 0.2) is 41.3 Å². The summed E-state index contributed by atoms with van der Waals surface area (Å²) in [6, 6.07) is 7.95. The molecule has 0 bridgehead atoms. The lowest BCUT2D eigenvalue weighted by molar-refractivity contribution is -0.123. The lowest BCUT2D eigenvalue weighted by Crippen LogP contribution is -2.30. The van der Waals surface area contributed by atoms with E-state index in [0.717, 1.165) is 0 Å². The number of anilines is 1. The first kappa shape index (κ1) is 20.1. The molecule has 2 rings (SSSR count). The molecule has 0 aliphatic heterocycles. The molecule has 1 heterocycles. The van der Waals surface area contributed by atoms with Crippen LogP contribution in [0.2, 0.25) is 10.2 Å². The smallest absolute Gasteiger partial charge is 0.359 e. The maximum absolute atomic E-state index is 12.1. The summed E-state index contributed by atoms with van der Waals surface area (Å²) in [4.78, 5) is 27.8. The van der Waals surface area contributed by atoms with Gasteiger partial charge in [-0.15, -0.1) is 0 Å². The quantitative estimate of drug-likeness (QED) is 0.566. The average molecular weight is 418 g/mol. The zero-order chi connectivity index (χ0) is 19.5. The maximum Gasteiger partial charge on any atom is 0.359 e. The van der Waals surface area contributed by atoms with Crippen LogP contribution < -0.4 is 10.5 Å². The van der Waals surface area contributed by atoms with E-state index in [2.05, 4.69) is 10.3 Å². The molecule has 0 saturated carbocycles. The van der Waals surface area contributed by atoms with Gasteiger partial charge in [0.15, 0.2) is 11.8 Å². The highest BCUT2D eigenvalue weighted by molar-refractivity contribution is 7.89. The Morgan fingerprint density at radius 2 is 1.77 bits per heavy atom. The molecule has 0 fully saturated rings. The van der Waals surface area contributed by atoms with E-state index in [1.807, 2.05) is 0 Å². The number of primary sulfonamides is 1. The number of amides is 1. The van der Waals surface area contributed by atoms with E-state index in [4.69, 9.17) is 33.1 Å². The summed E-state index contributed by atoms with van der Waals surface area (Å²) in [5, 5.41) is 7.54. The summed E-state index contributed by atoms with van der Waals surface area (Å²) in [5.41, 5.74) is 0.0838. The van der Waals surface area contributed by atoms with Gasteiger partial charge >= 0.3 is 5.97 Å². The highest BCUT2D eigenvalue weighted by atomic mass is 35.5. The molecule has 0 aliphatic carbocycles. The van der Waals surface area contributed by atoms with E-state index in [9.17, 15) is 18.0 Å². The van der Waals surface area contributed by atoms with E-state index >= 15 is 0 Å². The minimum atomic E-state index is -3.83. The van der Waals surface area contributed by atoms with Gasteiger partial charge in [-0.25, -0.2) is 23.3 Å². The third-order valence-electron chi connectivity index (χ3n) is 3.11. The number of nitrogens with zero attached hydrogens (tertiary/aromatic N) is 1. The molecular formula is C15H13Cl2N3O5S. The van der Waals surface area contributed by atoms with Gasteiger partial charge in [-0.1, -0.05) is 23.2 Å². The average Bonchev–Trinajstić information content (AvgIpc) is 2.56. The Bertz CT molecular complexity index is 948. The van der Waals surface area contributed by atoms with E-state index < -0.39 is 28.0 Å². The molecule has 1 aromatic carbocycles. The summed E-state index contributed by atoms with van der Waals surface area (Å²) < 4.78 is 27.4. The second kappa shape index (κ2) is 8.00. The van der Waals surface area contributed by atoms with Gasteiger partial charge in [-0.05, 0) is 43.3 Å². The summed E-state index contributed by atoms with van der Waals surface area (Å²) in [6.45, 7) is 1.35. The number of pyridine rings is 1. The van der Waals surface area contributed by atoms with Crippen LogP contribution in [0.4, 0.5) is 5.69 Å². The fraction of sp³-hybridized carbons (Fsp3) is 0.133. The highest BCUT2D eigenvalue weighted by Crippen LogP contribution is 2.19. The molecule has 26 heavy (non-hydrogen) atoms. The highest BCUT2D eigenvalue weighted by Gasteiger charge is 2.22. The Hall–Kier alpha value is -2.20. The number of esters is 1. The number of carbonyl (C=O) groups is 2. The molecule has 11 heteroatoms. The molecular weight excluding hydrogens is 405 g/mol. The molecule has 0 radical (unpaired) electrons. The number of hydrogen-bond acceptors (Lipinski definition) is 6. The van der Waals surface area contributed by atoms with Gasteiger partial charge in [0.25, 0.3) is 5.91 Å². The molecule has 8 nitrogen and oxygen atoms in total. The molecule has 1 atom stereocenters. The zero-order valence-corrected chi connectivity index (χ0v) is 15.6. The zero-order valence-electron chi connectivity index (χ0n) is 13.3. The number of benzene rings is 1. The molecule has 1 amide bonds. The Morgan fingerprint density at radius 3 is 2.35 bits per heavy atom. The minimum absolute atomic E-state index is 0.0330. The molecule has 1 aromatic heterocycles. The second-order valence-corrected chi connectivity index (χ2v) is 7.43. The van der Waals surface area contributed by atoms with Crippen molar-refractivity contribution in [3.05, 3.63) is 52.3 Å². The summed E-state index contributed by atoms with van der Waals surface area (Å²) in [6.07, 6.45) is -1.17. The third kappa shape index (κ3) is 5.15. The number of halogens is 2. The fourth-order valence-corrected chi connectivity index (χ4v) is 2.65.